The Labute approximate surface area is 315 Å². The van der Waals surface area contributed by atoms with Crippen molar-refractivity contribution in [3.05, 3.63) is 35.4 Å². The molecule has 2 aliphatic carbocycles. The molecule has 2 aromatic rings. The Morgan fingerprint density at radius 3 is 1.44 bits per heavy atom. The Morgan fingerprint density at radius 1 is 0.720 bits per heavy atom. The summed E-state index contributed by atoms with van der Waals surface area (Å²) in [7, 11) is -6.61. The summed E-state index contributed by atoms with van der Waals surface area (Å²) in [4.78, 5) is 28.3. The first kappa shape index (κ1) is 45.7. The van der Waals surface area contributed by atoms with E-state index in [0.717, 1.165) is 54.6 Å². The second-order valence-electron chi connectivity index (χ2n) is 17.9. The molecular formula is C37H60CoN2O6Si4. The molecule has 3 atom stereocenters. The second kappa shape index (κ2) is 17.0. The number of phenols is 2. The SMILES string of the molecule is CC(=O)[O-].CC(=O)[O-].C[Si](C)(C)c1cc(C=NC2CC3CCC2(N=Cc2cc([Si](C)(C)C)cc([Si](C)(C)C)c2O)C3)c(O)c([Si](C)(C)C)c1.[Co+2]. The van der Waals surface area contributed by atoms with E-state index in [9.17, 15) is 10.2 Å². The van der Waals surface area contributed by atoms with Crippen LogP contribution in [0, 0.1) is 5.92 Å². The van der Waals surface area contributed by atoms with E-state index in [2.05, 4.69) is 103 Å². The fourth-order valence-electron chi connectivity index (χ4n) is 6.49. The first-order valence-electron chi connectivity index (χ1n) is 17.3. The summed E-state index contributed by atoms with van der Waals surface area (Å²) in [5, 5.41) is 45.6. The molecule has 2 fully saturated rings. The number of nitrogens with zero attached hydrogens (tertiary/aromatic N) is 2. The van der Waals surface area contributed by atoms with Crippen molar-refractivity contribution in [3.8, 4) is 11.5 Å². The molecule has 0 amide bonds. The van der Waals surface area contributed by atoms with Gasteiger partial charge in [0.25, 0.3) is 0 Å². The van der Waals surface area contributed by atoms with Crippen molar-refractivity contribution in [2.24, 2.45) is 15.9 Å². The number of hydrogen-bond acceptors (Lipinski definition) is 8. The van der Waals surface area contributed by atoms with Crippen LogP contribution in [-0.2, 0) is 26.4 Å². The summed E-state index contributed by atoms with van der Waals surface area (Å²) in [6.45, 7) is 30.0. The van der Waals surface area contributed by atoms with Crippen LogP contribution in [0.15, 0.2) is 34.3 Å². The molecule has 0 aliphatic heterocycles. The fourth-order valence-corrected chi connectivity index (χ4v) is 12.0. The van der Waals surface area contributed by atoms with Gasteiger partial charge in [-0.05, 0) is 55.8 Å². The maximum absolute atomic E-state index is 11.4. The van der Waals surface area contributed by atoms with Crippen molar-refractivity contribution in [2.45, 2.75) is 130 Å². The van der Waals surface area contributed by atoms with Crippen molar-refractivity contribution in [2.75, 3.05) is 0 Å². The molecular weight excluding hydrogens is 740 g/mol. The number of carbonyl (C=O) groups is 2. The first-order valence-corrected chi connectivity index (χ1v) is 31.3. The van der Waals surface area contributed by atoms with Crippen LogP contribution in [0.1, 0.15) is 50.7 Å². The van der Waals surface area contributed by atoms with Gasteiger partial charge in [-0.1, -0.05) is 113 Å². The van der Waals surface area contributed by atoms with Gasteiger partial charge in [0, 0.05) is 35.5 Å². The molecule has 3 unspecified atom stereocenters. The summed E-state index contributed by atoms with van der Waals surface area (Å²) < 4.78 is 0. The molecule has 8 nitrogen and oxygen atoms in total. The summed E-state index contributed by atoms with van der Waals surface area (Å²) in [6.07, 6.45) is 8.27. The van der Waals surface area contributed by atoms with Crippen LogP contribution in [0.5, 0.6) is 11.5 Å². The molecule has 2 aliphatic rings. The predicted molar refractivity (Wildman–Crippen MR) is 213 cm³/mol. The maximum Gasteiger partial charge on any atom is 2.00 e. The van der Waals surface area contributed by atoms with Crippen LogP contribution < -0.4 is 31.0 Å². The van der Waals surface area contributed by atoms with E-state index >= 15 is 0 Å². The Bertz CT molecular complexity index is 1570. The van der Waals surface area contributed by atoms with Crippen LogP contribution >= 0.6 is 0 Å². The average Bonchev–Trinajstić information content (AvgIpc) is 3.47. The third-order valence-corrected chi connectivity index (χ3v) is 17.3. The molecule has 2 N–H and O–H groups in total. The number of carboxylic acids is 2. The van der Waals surface area contributed by atoms with Crippen molar-refractivity contribution in [1.82, 2.24) is 0 Å². The summed E-state index contributed by atoms with van der Waals surface area (Å²) in [6, 6.07) is 9.05. The number of hydrogen-bond donors (Lipinski definition) is 2. The first-order chi connectivity index (χ1) is 22.1. The molecule has 0 spiro atoms. The number of carboxylic acid groups (broad SMARTS) is 2. The zero-order chi connectivity index (χ0) is 37.9. The van der Waals surface area contributed by atoms with Crippen molar-refractivity contribution in [1.29, 1.82) is 0 Å². The Kier molecular flexibility index (Phi) is 15.6. The molecule has 50 heavy (non-hydrogen) atoms. The minimum atomic E-state index is -1.74. The van der Waals surface area contributed by atoms with Gasteiger partial charge >= 0.3 is 16.8 Å². The van der Waals surface area contributed by atoms with Gasteiger partial charge in [0.1, 0.15) is 11.5 Å². The molecule has 4 rings (SSSR count). The van der Waals surface area contributed by atoms with E-state index < -0.39 is 44.2 Å². The average molecular weight is 800 g/mol. The number of benzene rings is 2. The van der Waals surface area contributed by atoms with E-state index in [1.54, 1.807) is 0 Å². The number of fused-ring (bicyclic) bond motifs is 2. The standard InChI is InChI=1S/C33H54N2O2Si4.2C2H4O2.Co/c1-38(2,3)26-16-24(31(36)28(18-26)40(7,8)9)21-34-30-15-23-13-14-33(30,20-23)35-22-25-17-27(39(4,5)6)19-29(32(25)37)41(10,11)12;2*1-2(3)4;/h16-19,21-23,30,36-37H,13-15,20H2,1-12H3;2*1H3,(H,3,4);/q;;;+2/p-2. The van der Waals surface area contributed by atoms with E-state index in [1.165, 1.54) is 16.8 Å². The molecule has 279 valence electrons. The minimum Gasteiger partial charge on any atom is -0.550 e. The van der Waals surface area contributed by atoms with E-state index in [1.807, 2.05) is 12.4 Å². The molecule has 1 radical (unpaired) electrons. The molecule has 0 saturated heterocycles. The Morgan fingerprint density at radius 2 is 1.10 bits per heavy atom. The number of rotatable bonds is 8. The summed E-state index contributed by atoms with van der Waals surface area (Å²) >= 11 is 0. The summed E-state index contributed by atoms with van der Waals surface area (Å²) in [5.41, 5.74) is 1.51. The summed E-state index contributed by atoms with van der Waals surface area (Å²) in [5.74, 6) is -0.679. The van der Waals surface area contributed by atoms with Gasteiger partial charge in [0.2, 0.25) is 0 Å². The van der Waals surface area contributed by atoms with E-state index in [-0.39, 0.29) is 28.4 Å². The van der Waals surface area contributed by atoms with E-state index in [4.69, 9.17) is 29.8 Å². The van der Waals surface area contributed by atoms with Crippen LogP contribution in [0.25, 0.3) is 0 Å². The third-order valence-electron chi connectivity index (χ3n) is 9.29. The van der Waals surface area contributed by atoms with Crippen molar-refractivity contribution < 1.29 is 46.8 Å². The predicted octanol–water partition coefficient (Wildman–Crippen LogP) is 3.64. The number of carbonyl (C=O) groups excluding carboxylic acids is 2. The van der Waals surface area contributed by atoms with Crippen molar-refractivity contribution in [3.63, 3.8) is 0 Å². The molecule has 2 bridgehead atoms. The van der Waals surface area contributed by atoms with Gasteiger partial charge in [-0.25, -0.2) is 0 Å². The van der Waals surface area contributed by atoms with Crippen molar-refractivity contribution >= 4 is 77.4 Å². The van der Waals surface area contributed by atoms with Gasteiger partial charge in [-0.15, -0.1) is 0 Å². The van der Waals surface area contributed by atoms with E-state index in [0.29, 0.717) is 17.4 Å². The molecule has 0 heterocycles. The zero-order valence-electron chi connectivity index (χ0n) is 32.7. The monoisotopic (exact) mass is 799 g/mol. The van der Waals surface area contributed by atoms with Gasteiger partial charge in [-0.2, -0.15) is 0 Å². The molecule has 2 aromatic carbocycles. The van der Waals surface area contributed by atoms with Crippen LogP contribution in [0.3, 0.4) is 0 Å². The fraction of sp³-hybridized carbons (Fsp3) is 0.568. The number of aliphatic imine (C=N–C) groups is 2. The molecule has 0 aromatic heterocycles. The Hall–Kier alpha value is -2.31. The van der Waals surface area contributed by atoms with Crippen LogP contribution in [0.2, 0.25) is 78.6 Å². The van der Waals surface area contributed by atoms with Gasteiger partial charge < -0.3 is 30.0 Å². The maximum atomic E-state index is 11.4. The van der Waals surface area contributed by atoms with Gasteiger partial charge in [0.15, 0.2) is 0 Å². The molecule has 2 saturated carbocycles. The van der Waals surface area contributed by atoms with Gasteiger partial charge in [0.05, 0.1) is 43.9 Å². The number of aromatic hydroxyl groups is 2. The zero-order valence-corrected chi connectivity index (χ0v) is 37.7. The largest absolute Gasteiger partial charge is 2.00 e. The second-order valence-corrected chi connectivity index (χ2v) is 38.1. The normalized spacial score (nSPS) is 20.5. The van der Waals surface area contributed by atoms with Gasteiger partial charge in [-0.3, -0.25) is 9.98 Å². The molecule has 13 heteroatoms. The number of phenolic OH excluding ortho intramolecular Hbond substituents is 2. The quantitative estimate of drug-likeness (QED) is 0.309. The van der Waals surface area contributed by atoms with Crippen LogP contribution in [-0.4, -0.2) is 78.5 Å². The minimum absolute atomic E-state index is 0. The smallest absolute Gasteiger partial charge is 0.550 e. The topological polar surface area (TPSA) is 145 Å². The van der Waals surface area contributed by atoms with Crippen LogP contribution in [0.4, 0.5) is 0 Å². The Balaban J connectivity index is 0.00000125. The number of aliphatic carboxylic acids is 2. The third kappa shape index (κ3) is 12.4.